The third-order valence-electron chi connectivity index (χ3n) is 5.44. The molecule has 2 aromatic heterocycles. The van der Waals surface area contributed by atoms with Crippen molar-refractivity contribution < 1.29 is 13.8 Å². The van der Waals surface area contributed by atoms with Crippen LogP contribution in [0, 0.1) is 20.8 Å². The van der Waals surface area contributed by atoms with Crippen LogP contribution in [0.1, 0.15) is 58.8 Å². The first-order chi connectivity index (χ1) is 13.5. The van der Waals surface area contributed by atoms with Gasteiger partial charge in [0.25, 0.3) is 0 Å². The van der Waals surface area contributed by atoms with Gasteiger partial charge in [0.2, 0.25) is 11.7 Å². The molecule has 0 amide bonds. The smallest absolute Gasteiger partial charge is 0.234 e. The fourth-order valence-corrected chi connectivity index (χ4v) is 3.82. The molecule has 0 aliphatic carbocycles. The Balaban J connectivity index is 1.47. The lowest BCUT2D eigenvalue weighted by atomic mass is 9.99. The van der Waals surface area contributed by atoms with Gasteiger partial charge >= 0.3 is 0 Å². The van der Waals surface area contributed by atoms with E-state index in [1.54, 1.807) is 0 Å². The van der Waals surface area contributed by atoms with Crippen LogP contribution in [0.15, 0.2) is 33.3 Å². The van der Waals surface area contributed by atoms with Crippen LogP contribution < -0.4 is 0 Å². The van der Waals surface area contributed by atoms with Crippen molar-refractivity contribution in [2.45, 2.75) is 46.3 Å². The third-order valence-corrected chi connectivity index (χ3v) is 5.44. The van der Waals surface area contributed by atoms with Gasteiger partial charge in [-0.05, 0) is 38.8 Å². The van der Waals surface area contributed by atoms with Crippen LogP contribution in [0.5, 0.6) is 0 Å². The number of benzene rings is 1. The molecule has 4 rings (SSSR count). The maximum Gasteiger partial charge on any atom is 0.234 e. The Hall–Kier alpha value is -2.51. The van der Waals surface area contributed by atoms with E-state index < -0.39 is 0 Å². The average Bonchev–Trinajstić information content (AvgIpc) is 3.31. The van der Waals surface area contributed by atoms with Gasteiger partial charge in [0.1, 0.15) is 11.9 Å². The first kappa shape index (κ1) is 18.8. The monoisotopic (exact) mass is 382 g/mol. The summed E-state index contributed by atoms with van der Waals surface area (Å²) in [7, 11) is 0. The van der Waals surface area contributed by atoms with Gasteiger partial charge in [0.15, 0.2) is 0 Å². The van der Waals surface area contributed by atoms with Gasteiger partial charge in [0.05, 0.1) is 18.2 Å². The number of nitrogens with zero attached hydrogens (tertiary/aromatic N) is 4. The topological polar surface area (TPSA) is 77.4 Å². The molecule has 2 unspecified atom stereocenters. The van der Waals surface area contributed by atoms with Gasteiger partial charge in [-0.25, -0.2) is 0 Å². The van der Waals surface area contributed by atoms with E-state index in [9.17, 15) is 0 Å². The predicted molar refractivity (Wildman–Crippen MR) is 103 cm³/mol. The van der Waals surface area contributed by atoms with E-state index in [1.807, 2.05) is 20.8 Å². The number of morpholine rings is 1. The Labute approximate surface area is 164 Å². The molecule has 0 saturated carbocycles. The van der Waals surface area contributed by atoms with Crippen molar-refractivity contribution in [3.05, 3.63) is 64.1 Å². The predicted octanol–water partition coefficient (Wildman–Crippen LogP) is 3.71. The summed E-state index contributed by atoms with van der Waals surface area (Å²) in [6.45, 7) is 11.2. The molecule has 1 fully saturated rings. The standard InChI is InChI=1S/C21H26N4O3/c1-13-7-5-6-8-17(13)11-25-9-10-26-18(12-25)20-22-21(28-24-20)14(2)19-15(3)23-27-16(19)4/h5-8,14,18H,9-12H2,1-4H3. The summed E-state index contributed by atoms with van der Waals surface area (Å²) >= 11 is 0. The fourth-order valence-electron chi connectivity index (χ4n) is 3.82. The summed E-state index contributed by atoms with van der Waals surface area (Å²) in [5.41, 5.74) is 4.49. The fraction of sp³-hybridized carbons (Fsp3) is 0.476. The first-order valence-electron chi connectivity index (χ1n) is 9.67. The van der Waals surface area contributed by atoms with Gasteiger partial charge in [-0.2, -0.15) is 4.98 Å². The van der Waals surface area contributed by atoms with Gasteiger partial charge in [-0.3, -0.25) is 4.90 Å². The molecule has 1 aromatic carbocycles. The molecule has 148 valence electrons. The van der Waals surface area contributed by atoms with Crippen molar-refractivity contribution in [1.82, 2.24) is 20.2 Å². The number of ether oxygens (including phenoxy) is 1. The highest BCUT2D eigenvalue weighted by molar-refractivity contribution is 5.29. The summed E-state index contributed by atoms with van der Waals surface area (Å²) in [5.74, 6) is 1.87. The van der Waals surface area contributed by atoms with E-state index >= 15 is 0 Å². The van der Waals surface area contributed by atoms with Crippen LogP contribution in [0.3, 0.4) is 0 Å². The maximum absolute atomic E-state index is 5.94. The summed E-state index contributed by atoms with van der Waals surface area (Å²) in [4.78, 5) is 7.01. The minimum absolute atomic E-state index is 0.0702. The van der Waals surface area contributed by atoms with Crippen molar-refractivity contribution in [2.24, 2.45) is 0 Å². The second-order valence-corrected chi connectivity index (χ2v) is 7.47. The Bertz CT molecular complexity index is 929. The maximum atomic E-state index is 5.94. The number of hydrogen-bond acceptors (Lipinski definition) is 7. The number of hydrogen-bond donors (Lipinski definition) is 0. The van der Waals surface area contributed by atoms with E-state index in [4.69, 9.17) is 13.8 Å². The Morgan fingerprint density at radius 1 is 1.14 bits per heavy atom. The van der Waals surface area contributed by atoms with Gasteiger partial charge in [-0.15, -0.1) is 0 Å². The summed E-state index contributed by atoms with van der Waals surface area (Å²) in [6, 6.07) is 8.48. The van der Waals surface area contributed by atoms with Crippen LogP contribution in [0.4, 0.5) is 0 Å². The van der Waals surface area contributed by atoms with Crippen LogP contribution in [0.25, 0.3) is 0 Å². The molecule has 28 heavy (non-hydrogen) atoms. The van der Waals surface area contributed by atoms with Crippen LogP contribution in [-0.2, 0) is 11.3 Å². The molecule has 1 aliphatic rings. The Morgan fingerprint density at radius 3 is 2.71 bits per heavy atom. The lowest BCUT2D eigenvalue weighted by Crippen LogP contribution is -2.38. The van der Waals surface area contributed by atoms with Gasteiger partial charge < -0.3 is 13.8 Å². The van der Waals surface area contributed by atoms with E-state index in [0.29, 0.717) is 18.3 Å². The summed E-state index contributed by atoms with van der Waals surface area (Å²) < 4.78 is 16.8. The van der Waals surface area contributed by atoms with Gasteiger partial charge in [-0.1, -0.05) is 34.6 Å². The molecule has 7 heteroatoms. The second kappa shape index (κ2) is 7.85. The molecule has 0 bridgehead atoms. The molecular weight excluding hydrogens is 356 g/mol. The van der Waals surface area contributed by atoms with E-state index in [0.717, 1.165) is 36.7 Å². The molecule has 0 radical (unpaired) electrons. The highest BCUT2D eigenvalue weighted by atomic mass is 16.5. The zero-order valence-corrected chi connectivity index (χ0v) is 16.8. The van der Waals surface area contributed by atoms with Crippen molar-refractivity contribution in [2.75, 3.05) is 19.7 Å². The van der Waals surface area contributed by atoms with Crippen LogP contribution in [0.2, 0.25) is 0 Å². The number of rotatable bonds is 5. The molecule has 3 aromatic rings. The van der Waals surface area contributed by atoms with Crippen molar-refractivity contribution in [3.8, 4) is 0 Å². The van der Waals surface area contributed by atoms with Crippen molar-refractivity contribution in [1.29, 1.82) is 0 Å². The zero-order valence-electron chi connectivity index (χ0n) is 16.8. The molecule has 0 spiro atoms. The molecule has 1 saturated heterocycles. The average molecular weight is 382 g/mol. The largest absolute Gasteiger partial charge is 0.367 e. The summed E-state index contributed by atoms with van der Waals surface area (Å²) in [5, 5.41) is 8.22. The highest BCUT2D eigenvalue weighted by Crippen LogP contribution is 2.30. The van der Waals surface area contributed by atoms with Crippen molar-refractivity contribution in [3.63, 3.8) is 0 Å². The third kappa shape index (κ3) is 3.72. The quantitative estimate of drug-likeness (QED) is 0.666. The van der Waals surface area contributed by atoms with Gasteiger partial charge in [0, 0.05) is 25.2 Å². The molecular formula is C21H26N4O3. The molecule has 3 heterocycles. The minimum Gasteiger partial charge on any atom is -0.367 e. The van der Waals surface area contributed by atoms with Crippen LogP contribution >= 0.6 is 0 Å². The summed E-state index contributed by atoms with van der Waals surface area (Å²) in [6.07, 6.45) is -0.188. The molecule has 0 N–H and O–H groups in total. The van der Waals surface area contributed by atoms with E-state index in [-0.39, 0.29) is 12.0 Å². The normalized spacial score (nSPS) is 19.1. The second-order valence-electron chi connectivity index (χ2n) is 7.47. The van der Waals surface area contributed by atoms with Crippen LogP contribution in [-0.4, -0.2) is 39.9 Å². The molecule has 1 aliphatic heterocycles. The van der Waals surface area contributed by atoms with Crippen molar-refractivity contribution >= 4 is 0 Å². The van der Waals surface area contributed by atoms with E-state index in [2.05, 4.69) is 51.4 Å². The number of aromatic nitrogens is 3. The lowest BCUT2D eigenvalue weighted by Gasteiger charge is -2.31. The Morgan fingerprint density at radius 2 is 1.96 bits per heavy atom. The number of aryl methyl sites for hydroxylation is 3. The minimum atomic E-state index is -0.188. The molecule has 2 atom stereocenters. The zero-order chi connectivity index (χ0) is 19.7. The highest BCUT2D eigenvalue weighted by Gasteiger charge is 2.29. The lowest BCUT2D eigenvalue weighted by molar-refractivity contribution is -0.0381. The first-order valence-corrected chi connectivity index (χ1v) is 9.67. The molecule has 7 nitrogen and oxygen atoms in total. The Kier molecular flexibility index (Phi) is 5.28. The van der Waals surface area contributed by atoms with E-state index in [1.165, 1.54) is 11.1 Å². The SMILES string of the molecule is Cc1ccccc1CN1CCOC(c2noc(C(C)c3c(C)noc3C)n2)C1.